The van der Waals surface area contributed by atoms with Crippen LogP contribution >= 0.6 is 0 Å². The van der Waals surface area contributed by atoms with Crippen molar-refractivity contribution in [3.8, 4) is 5.75 Å². The number of hydrogen-bond donors (Lipinski definition) is 3. The number of nitrogens with zero attached hydrogens (tertiary/aromatic N) is 2. The van der Waals surface area contributed by atoms with Crippen molar-refractivity contribution in [3.63, 3.8) is 0 Å². The number of rotatable bonds is 12. The van der Waals surface area contributed by atoms with Gasteiger partial charge in [-0.1, -0.05) is 12.1 Å². The van der Waals surface area contributed by atoms with Crippen LogP contribution in [0.15, 0.2) is 48.5 Å². The second-order valence-corrected chi connectivity index (χ2v) is 11.6. The van der Waals surface area contributed by atoms with Crippen LogP contribution in [0.3, 0.4) is 0 Å². The minimum Gasteiger partial charge on any atom is -0.445 e. The highest BCUT2D eigenvalue weighted by atomic mass is 16.7. The maximum absolute atomic E-state index is 12.7. The van der Waals surface area contributed by atoms with Crippen molar-refractivity contribution >= 4 is 41.5 Å². The smallest absolute Gasteiger partial charge is 0.445 e. The summed E-state index contributed by atoms with van der Waals surface area (Å²) in [6.07, 6.45) is -2.50. The number of nitrogens with one attached hydrogen (secondary N) is 3. The Morgan fingerprint density at radius 3 is 2.11 bits per heavy atom. The molecule has 16 nitrogen and oxygen atoms in total. The highest BCUT2D eigenvalue weighted by Crippen LogP contribution is 2.20. The SMILES string of the molecule is CC(NC(=O)CNC(=O)OC(C)(C)C)C(=O)Nc1ccc(COC(=O)N(C)C(C)(C)COC(=O)Oc2ccc([N+](=O)[O-])cc2)cc1. The van der Waals surface area contributed by atoms with Crippen molar-refractivity contribution in [1.82, 2.24) is 15.5 Å². The van der Waals surface area contributed by atoms with Crippen LogP contribution in [0.2, 0.25) is 0 Å². The van der Waals surface area contributed by atoms with Gasteiger partial charge in [-0.05, 0) is 71.4 Å². The molecule has 3 N–H and O–H groups in total. The summed E-state index contributed by atoms with van der Waals surface area (Å²) in [5, 5.41) is 18.2. The van der Waals surface area contributed by atoms with Crippen LogP contribution in [-0.2, 0) is 30.4 Å². The first-order chi connectivity index (χ1) is 21.4. The lowest BCUT2D eigenvalue weighted by Gasteiger charge is -2.33. The van der Waals surface area contributed by atoms with Crippen molar-refractivity contribution in [1.29, 1.82) is 0 Å². The first kappa shape index (κ1) is 36.8. The second kappa shape index (κ2) is 16.1. The van der Waals surface area contributed by atoms with Gasteiger partial charge in [-0.15, -0.1) is 0 Å². The Morgan fingerprint density at radius 1 is 0.935 bits per heavy atom. The fourth-order valence-electron chi connectivity index (χ4n) is 3.34. The molecule has 0 fully saturated rings. The van der Waals surface area contributed by atoms with Gasteiger partial charge in [-0.25, -0.2) is 14.4 Å². The van der Waals surface area contributed by atoms with Gasteiger partial charge in [0.15, 0.2) is 0 Å². The molecule has 2 aromatic rings. The zero-order valence-electron chi connectivity index (χ0n) is 26.7. The molecular weight excluding hydrogens is 606 g/mol. The lowest BCUT2D eigenvalue weighted by molar-refractivity contribution is -0.384. The normalized spacial score (nSPS) is 11.7. The van der Waals surface area contributed by atoms with E-state index in [2.05, 4.69) is 16.0 Å². The van der Waals surface area contributed by atoms with Gasteiger partial charge in [-0.2, -0.15) is 0 Å². The number of alkyl carbamates (subject to hydrolysis) is 1. The number of hydrogen-bond acceptors (Lipinski definition) is 11. The molecule has 16 heteroatoms. The third kappa shape index (κ3) is 12.7. The summed E-state index contributed by atoms with van der Waals surface area (Å²) in [6.45, 7) is 9.15. The topological polar surface area (TPSA) is 205 Å². The van der Waals surface area contributed by atoms with E-state index in [0.29, 0.717) is 11.3 Å². The Bertz CT molecular complexity index is 1400. The van der Waals surface area contributed by atoms with Gasteiger partial charge in [0.05, 0.1) is 10.5 Å². The highest BCUT2D eigenvalue weighted by molar-refractivity contribution is 5.97. The first-order valence-corrected chi connectivity index (χ1v) is 14.0. The molecule has 4 amide bonds. The molecule has 0 bridgehead atoms. The van der Waals surface area contributed by atoms with E-state index in [9.17, 15) is 34.1 Å². The Labute approximate surface area is 265 Å². The molecule has 0 aliphatic heterocycles. The molecule has 0 saturated carbocycles. The van der Waals surface area contributed by atoms with Crippen molar-refractivity contribution in [2.75, 3.05) is 25.5 Å². The molecule has 0 spiro atoms. The van der Waals surface area contributed by atoms with Crippen molar-refractivity contribution in [2.45, 2.75) is 65.3 Å². The molecule has 2 rings (SSSR count). The summed E-state index contributed by atoms with van der Waals surface area (Å²) in [4.78, 5) is 72.4. The van der Waals surface area contributed by atoms with E-state index in [1.54, 1.807) is 58.9 Å². The Balaban J connectivity index is 1.77. The Hall–Kier alpha value is -5.41. The summed E-state index contributed by atoms with van der Waals surface area (Å²) in [5.41, 5.74) is -0.809. The molecule has 46 heavy (non-hydrogen) atoms. The molecular formula is C30H39N5O11. The predicted octanol–water partition coefficient (Wildman–Crippen LogP) is 4.13. The van der Waals surface area contributed by atoms with E-state index >= 15 is 0 Å². The third-order valence-electron chi connectivity index (χ3n) is 6.12. The fourth-order valence-corrected chi connectivity index (χ4v) is 3.34. The maximum atomic E-state index is 12.7. The average Bonchev–Trinajstić information content (AvgIpc) is 2.97. The number of carbonyl (C=O) groups is 5. The average molecular weight is 646 g/mol. The zero-order chi connectivity index (χ0) is 34.7. The molecule has 250 valence electrons. The van der Waals surface area contributed by atoms with Gasteiger partial charge in [0, 0.05) is 24.9 Å². The predicted molar refractivity (Wildman–Crippen MR) is 164 cm³/mol. The number of benzene rings is 2. The quantitative estimate of drug-likeness (QED) is 0.0984. The lowest BCUT2D eigenvalue weighted by Crippen LogP contribution is -2.49. The third-order valence-corrected chi connectivity index (χ3v) is 6.12. The molecule has 0 aliphatic carbocycles. The molecule has 1 unspecified atom stereocenters. The minimum absolute atomic E-state index is 0.0534. The standard InChI is InChI=1S/C30H39N5O11/c1-19(32-24(36)16-31-26(38)46-29(2,3)4)25(37)33-21-10-8-20(9-11-21)17-43-27(39)34(7)30(5,6)18-44-28(40)45-23-14-12-22(13-15-23)35(41)42/h8-15,19H,16-18H2,1-7H3,(H,31,38)(H,32,36)(H,33,37). The van der Waals surface area contributed by atoms with Gasteiger partial charge in [-0.3, -0.25) is 19.7 Å². The molecule has 0 aromatic heterocycles. The number of likely N-dealkylation sites (N-methyl/N-ethyl adjacent to an activating group) is 1. The van der Waals surface area contributed by atoms with Gasteiger partial charge in [0.2, 0.25) is 11.8 Å². The van der Waals surface area contributed by atoms with Crippen LogP contribution in [0.5, 0.6) is 5.75 Å². The zero-order valence-corrected chi connectivity index (χ0v) is 26.7. The highest BCUT2D eigenvalue weighted by Gasteiger charge is 2.31. The number of amides is 4. The number of anilines is 1. The van der Waals surface area contributed by atoms with Crippen LogP contribution in [0.25, 0.3) is 0 Å². The van der Waals surface area contributed by atoms with E-state index in [-0.39, 0.29) is 31.2 Å². The van der Waals surface area contributed by atoms with Crippen LogP contribution < -0.4 is 20.7 Å². The number of nitro benzene ring substituents is 1. The number of carbonyl (C=O) groups excluding carboxylic acids is 5. The van der Waals surface area contributed by atoms with E-state index in [0.717, 1.165) is 0 Å². The monoisotopic (exact) mass is 645 g/mol. The van der Waals surface area contributed by atoms with Gasteiger partial charge < -0.3 is 39.8 Å². The van der Waals surface area contributed by atoms with Crippen LogP contribution in [-0.4, -0.2) is 77.4 Å². The largest absolute Gasteiger partial charge is 0.513 e. The minimum atomic E-state index is -1.05. The molecule has 2 aromatic carbocycles. The maximum Gasteiger partial charge on any atom is 0.513 e. The van der Waals surface area contributed by atoms with Crippen LogP contribution in [0.4, 0.5) is 25.8 Å². The molecule has 0 radical (unpaired) electrons. The summed E-state index contributed by atoms with van der Waals surface area (Å²) in [5.74, 6) is -1.02. The lowest BCUT2D eigenvalue weighted by atomic mass is 10.1. The van der Waals surface area contributed by atoms with Gasteiger partial charge >= 0.3 is 18.3 Å². The fraction of sp³-hybridized carbons (Fsp3) is 0.433. The van der Waals surface area contributed by atoms with Crippen molar-refractivity contribution in [2.24, 2.45) is 0 Å². The van der Waals surface area contributed by atoms with Gasteiger partial charge in [0.1, 0.15) is 37.2 Å². The van der Waals surface area contributed by atoms with E-state index in [1.165, 1.54) is 43.1 Å². The first-order valence-electron chi connectivity index (χ1n) is 14.0. The molecule has 1 atom stereocenters. The van der Waals surface area contributed by atoms with E-state index in [4.69, 9.17) is 18.9 Å². The van der Waals surface area contributed by atoms with Crippen molar-refractivity contribution < 1.29 is 47.8 Å². The van der Waals surface area contributed by atoms with Crippen LogP contribution in [0, 0.1) is 10.1 Å². The summed E-state index contributed by atoms with van der Waals surface area (Å²) in [6, 6.07) is 10.4. The molecule has 0 aliphatic rings. The van der Waals surface area contributed by atoms with Gasteiger partial charge in [0.25, 0.3) is 5.69 Å². The van der Waals surface area contributed by atoms with E-state index < -0.39 is 52.3 Å². The van der Waals surface area contributed by atoms with E-state index in [1.807, 2.05) is 0 Å². The number of ether oxygens (including phenoxy) is 4. The number of nitro groups is 1. The summed E-state index contributed by atoms with van der Waals surface area (Å²) in [7, 11) is 1.47. The summed E-state index contributed by atoms with van der Waals surface area (Å²) >= 11 is 0. The second-order valence-electron chi connectivity index (χ2n) is 11.6. The summed E-state index contributed by atoms with van der Waals surface area (Å²) < 4.78 is 20.5. The Kier molecular flexibility index (Phi) is 12.8. The van der Waals surface area contributed by atoms with Crippen LogP contribution in [0.1, 0.15) is 47.1 Å². The number of non-ortho nitro benzene ring substituents is 1. The molecule has 0 heterocycles. The van der Waals surface area contributed by atoms with Crippen molar-refractivity contribution in [3.05, 3.63) is 64.2 Å². The Morgan fingerprint density at radius 2 is 1.54 bits per heavy atom. The molecule has 0 saturated heterocycles.